The molecule has 1 aromatic carbocycles. The van der Waals surface area contributed by atoms with Crippen molar-refractivity contribution in [3.8, 4) is 11.3 Å². The number of hydrogen-bond acceptors (Lipinski definition) is 6. The van der Waals surface area contributed by atoms with E-state index in [1.165, 1.54) is 31.4 Å². The Labute approximate surface area is 201 Å². The molecule has 35 heavy (non-hydrogen) atoms. The second-order valence-corrected chi connectivity index (χ2v) is 9.54. The van der Waals surface area contributed by atoms with E-state index in [0.717, 1.165) is 23.7 Å². The first kappa shape index (κ1) is 22.2. The second kappa shape index (κ2) is 8.71. The van der Waals surface area contributed by atoms with Crippen LogP contribution >= 0.6 is 0 Å². The van der Waals surface area contributed by atoms with E-state index in [2.05, 4.69) is 25.9 Å². The predicted octanol–water partition coefficient (Wildman–Crippen LogP) is 5.54. The summed E-state index contributed by atoms with van der Waals surface area (Å²) in [6, 6.07) is 3.98. The molecule has 7 nitrogen and oxygen atoms in total. The maximum absolute atomic E-state index is 14.8. The van der Waals surface area contributed by atoms with Crippen molar-refractivity contribution in [2.24, 2.45) is 0 Å². The topological polar surface area (TPSA) is 78.6 Å². The third kappa shape index (κ3) is 4.07. The highest BCUT2D eigenvalue weighted by Gasteiger charge is 2.30. The molecule has 9 heteroatoms. The van der Waals surface area contributed by atoms with Gasteiger partial charge >= 0.3 is 0 Å². The van der Waals surface area contributed by atoms with Crippen LogP contribution in [0.3, 0.4) is 0 Å². The van der Waals surface area contributed by atoms with Crippen molar-refractivity contribution in [2.75, 3.05) is 6.61 Å². The summed E-state index contributed by atoms with van der Waals surface area (Å²) >= 11 is 0. The second-order valence-electron chi connectivity index (χ2n) is 9.54. The lowest BCUT2D eigenvalue weighted by molar-refractivity contribution is 0.00391. The van der Waals surface area contributed by atoms with Gasteiger partial charge in [-0.2, -0.15) is 5.10 Å². The lowest BCUT2D eigenvalue weighted by Gasteiger charge is -2.29. The number of nitrogens with zero attached hydrogens (tertiary/aromatic N) is 6. The van der Waals surface area contributed by atoms with Gasteiger partial charge in [-0.15, -0.1) is 0 Å². The molecule has 1 aliphatic heterocycles. The molecule has 0 bridgehead atoms. The first-order valence-corrected chi connectivity index (χ1v) is 12.1. The molecule has 6 rings (SSSR count). The Hall–Kier alpha value is -3.33. The lowest BCUT2D eigenvalue weighted by Crippen LogP contribution is -2.21. The summed E-state index contributed by atoms with van der Waals surface area (Å²) in [6.07, 6.45) is 8.89. The molecule has 0 radical (unpaired) electrons. The van der Waals surface area contributed by atoms with E-state index < -0.39 is 11.6 Å². The van der Waals surface area contributed by atoms with E-state index in [1.807, 2.05) is 20.0 Å². The highest BCUT2D eigenvalue weighted by atomic mass is 19.1. The average molecular weight is 477 g/mol. The molecule has 180 valence electrons. The standard InChI is InChI=1S/C26H26F2N6O/c1-14-15(2)31-26-24(30-14)23(20-7-6-18(27)11-21(20)28)32-25(33-26)16-8-9-35-22(10-16)17-12-29-34(13-17)19-4-3-5-19/h6-7,11-13,16,19,22H,3-5,8-10H2,1-2H3/t16-,22-/m0/s1. The number of aromatic nitrogens is 6. The number of ether oxygens (including phenoxy) is 1. The summed E-state index contributed by atoms with van der Waals surface area (Å²) in [7, 11) is 0. The van der Waals surface area contributed by atoms with Gasteiger partial charge in [-0.1, -0.05) is 0 Å². The zero-order valence-electron chi connectivity index (χ0n) is 19.7. The fourth-order valence-electron chi connectivity index (χ4n) is 4.81. The number of fused-ring (bicyclic) bond motifs is 1. The van der Waals surface area contributed by atoms with Crippen LogP contribution in [0.4, 0.5) is 8.78 Å². The normalized spacial score (nSPS) is 20.8. The number of benzene rings is 1. The Balaban J connectivity index is 1.39. The molecule has 0 N–H and O–H groups in total. The van der Waals surface area contributed by atoms with Gasteiger partial charge in [-0.25, -0.2) is 28.7 Å². The third-order valence-electron chi connectivity index (χ3n) is 7.24. The van der Waals surface area contributed by atoms with Crippen LogP contribution in [0, 0.1) is 25.5 Å². The number of aryl methyl sites for hydroxylation is 2. The van der Waals surface area contributed by atoms with Gasteiger partial charge in [0.25, 0.3) is 0 Å². The Morgan fingerprint density at radius 1 is 1.00 bits per heavy atom. The molecular weight excluding hydrogens is 450 g/mol. The smallest absolute Gasteiger partial charge is 0.182 e. The number of hydrogen-bond donors (Lipinski definition) is 0. The van der Waals surface area contributed by atoms with Gasteiger partial charge in [0.05, 0.1) is 29.7 Å². The molecule has 0 amide bonds. The third-order valence-corrected chi connectivity index (χ3v) is 7.24. The predicted molar refractivity (Wildman–Crippen MR) is 126 cm³/mol. The van der Waals surface area contributed by atoms with Gasteiger partial charge in [0, 0.05) is 35.9 Å². The fourth-order valence-corrected chi connectivity index (χ4v) is 4.81. The minimum atomic E-state index is -0.691. The van der Waals surface area contributed by atoms with Crippen LogP contribution in [0.15, 0.2) is 30.6 Å². The lowest BCUT2D eigenvalue weighted by atomic mass is 9.91. The number of halogens is 2. The molecule has 0 unspecified atom stereocenters. The van der Waals surface area contributed by atoms with E-state index in [-0.39, 0.29) is 17.6 Å². The first-order valence-electron chi connectivity index (χ1n) is 12.1. The van der Waals surface area contributed by atoms with Gasteiger partial charge < -0.3 is 4.74 Å². The molecule has 1 aliphatic carbocycles. The van der Waals surface area contributed by atoms with Crippen LogP contribution in [0.5, 0.6) is 0 Å². The number of rotatable bonds is 4. The van der Waals surface area contributed by atoms with Crippen molar-refractivity contribution < 1.29 is 13.5 Å². The molecule has 1 saturated heterocycles. The van der Waals surface area contributed by atoms with Crippen LogP contribution in [-0.2, 0) is 4.74 Å². The Bertz CT molecular complexity index is 1420. The molecule has 2 atom stereocenters. The van der Waals surface area contributed by atoms with Crippen LogP contribution in [0.2, 0.25) is 0 Å². The minimum Gasteiger partial charge on any atom is -0.373 e. The van der Waals surface area contributed by atoms with Crippen molar-refractivity contribution in [1.82, 2.24) is 29.7 Å². The van der Waals surface area contributed by atoms with Gasteiger partial charge in [-0.05, 0) is 58.1 Å². The van der Waals surface area contributed by atoms with E-state index in [4.69, 9.17) is 14.7 Å². The summed E-state index contributed by atoms with van der Waals surface area (Å²) in [4.78, 5) is 18.8. The molecule has 3 aromatic heterocycles. The molecule has 4 aromatic rings. The van der Waals surface area contributed by atoms with E-state index in [1.54, 1.807) is 0 Å². The monoisotopic (exact) mass is 476 g/mol. The molecule has 1 saturated carbocycles. The summed E-state index contributed by atoms with van der Waals surface area (Å²) in [6.45, 7) is 4.27. The van der Waals surface area contributed by atoms with Crippen LogP contribution in [-0.4, -0.2) is 36.3 Å². The van der Waals surface area contributed by atoms with Crippen LogP contribution in [0.1, 0.15) is 72.9 Å². The Morgan fingerprint density at radius 2 is 1.83 bits per heavy atom. The van der Waals surface area contributed by atoms with Gasteiger partial charge in [0.2, 0.25) is 0 Å². The van der Waals surface area contributed by atoms with Gasteiger partial charge in [0.1, 0.15) is 28.7 Å². The summed E-state index contributed by atoms with van der Waals surface area (Å²) in [5.41, 5.74) is 3.86. The maximum atomic E-state index is 14.8. The van der Waals surface area contributed by atoms with Crippen molar-refractivity contribution >= 4 is 11.2 Å². The van der Waals surface area contributed by atoms with E-state index >= 15 is 0 Å². The van der Waals surface area contributed by atoms with E-state index in [0.29, 0.717) is 47.4 Å². The molecular formula is C26H26F2N6O. The van der Waals surface area contributed by atoms with E-state index in [9.17, 15) is 8.78 Å². The zero-order valence-corrected chi connectivity index (χ0v) is 19.7. The van der Waals surface area contributed by atoms with Crippen LogP contribution < -0.4 is 0 Å². The first-order chi connectivity index (χ1) is 17.0. The Morgan fingerprint density at radius 3 is 2.60 bits per heavy atom. The highest BCUT2D eigenvalue weighted by molar-refractivity contribution is 5.87. The van der Waals surface area contributed by atoms with Gasteiger partial charge in [-0.3, -0.25) is 4.68 Å². The molecule has 4 heterocycles. The maximum Gasteiger partial charge on any atom is 0.182 e. The largest absolute Gasteiger partial charge is 0.373 e. The van der Waals surface area contributed by atoms with Crippen molar-refractivity contribution in [1.29, 1.82) is 0 Å². The Kier molecular flexibility index (Phi) is 5.51. The fraction of sp³-hybridized carbons (Fsp3) is 0.423. The summed E-state index contributed by atoms with van der Waals surface area (Å²) < 4.78 is 36.6. The quantitative estimate of drug-likeness (QED) is 0.385. The average Bonchev–Trinajstić information content (AvgIpc) is 3.28. The molecule has 0 spiro atoms. The zero-order chi connectivity index (χ0) is 24.1. The van der Waals surface area contributed by atoms with Gasteiger partial charge in [0.15, 0.2) is 5.65 Å². The summed E-state index contributed by atoms with van der Waals surface area (Å²) in [5.74, 6) is -0.758. The van der Waals surface area contributed by atoms with Crippen molar-refractivity contribution in [3.63, 3.8) is 0 Å². The highest BCUT2D eigenvalue weighted by Crippen LogP contribution is 2.39. The molecule has 2 fully saturated rings. The van der Waals surface area contributed by atoms with Crippen LogP contribution in [0.25, 0.3) is 22.4 Å². The molecule has 2 aliphatic rings. The summed E-state index contributed by atoms with van der Waals surface area (Å²) in [5, 5.41) is 4.56. The SMILES string of the molecule is Cc1nc2nc([C@H]3CCO[C@H](c4cnn(C5CCC5)c4)C3)nc(-c3ccc(F)cc3F)c2nc1C. The van der Waals surface area contributed by atoms with Crippen molar-refractivity contribution in [2.45, 2.75) is 64.0 Å². The minimum absolute atomic E-state index is 0.00382. The van der Waals surface area contributed by atoms with Crippen molar-refractivity contribution in [3.05, 3.63) is 65.0 Å².